The highest BCUT2D eigenvalue weighted by Gasteiger charge is 2.35. The second-order valence-electron chi connectivity index (χ2n) is 6.43. The number of hydrogen-bond donors (Lipinski definition) is 1. The van der Waals surface area contributed by atoms with Crippen LogP contribution >= 0.6 is 12.2 Å². The van der Waals surface area contributed by atoms with Gasteiger partial charge in [0.2, 0.25) is 0 Å². The highest BCUT2D eigenvalue weighted by Crippen LogP contribution is 2.32. The maximum Gasteiger partial charge on any atom is 0.139 e. The Kier molecular flexibility index (Phi) is 3.88. The third-order valence-corrected chi connectivity index (χ3v) is 5.22. The van der Waals surface area contributed by atoms with Crippen molar-refractivity contribution in [1.29, 1.82) is 0 Å². The predicted molar refractivity (Wildman–Crippen MR) is 91.0 cm³/mol. The average molecular weight is 304 g/mol. The lowest BCUT2D eigenvalue weighted by Gasteiger charge is -2.29. The van der Waals surface area contributed by atoms with Gasteiger partial charge in [0, 0.05) is 30.9 Å². The van der Waals surface area contributed by atoms with E-state index < -0.39 is 0 Å². The molecule has 2 N–H and O–H groups in total. The third kappa shape index (κ3) is 2.64. The molecular weight excluding hydrogens is 280 g/mol. The second kappa shape index (κ2) is 5.54. The SMILES string of the molecule is Cc1cc(C)c(C(N)=S)c(N2CCC3CCC(C2)N3C)n1. The van der Waals surface area contributed by atoms with Crippen molar-refractivity contribution in [3.63, 3.8) is 0 Å². The zero-order valence-corrected chi connectivity index (χ0v) is 13.9. The molecule has 1 aromatic rings. The largest absolute Gasteiger partial charge is 0.389 e. The first-order valence-electron chi connectivity index (χ1n) is 7.72. The lowest BCUT2D eigenvalue weighted by Crippen LogP contribution is -2.38. The van der Waals surface area contributed by atoms with Crippen molar-refractivity contribution in [3.05, 3.63) is 22.9 Å². The number of nitrogens with zero attached hydrogens (tertiary/aromatic N) is 3. The van der Waals surface area contributed by atoms with E-state index in [1.807, 2.05) is 6.92 Å². The molecule has 2 bridgehead atoms. The summed E-state index contributed by atoms with van der Waals surface area (Å²) in [5.41, 5.74) is 9.09. The highest BCUT2D eigenvalue weighted by molar-refractivity contribution is 7.80. The van der Waals surface area contributed by atoms with Gasteiger partial charge in [0.15, 0.2) is 0 Å². The Balaban J connectivity index is 1.98. The number of likely N-dealkylation sites (N-methyl/N-ethyl adjacent to an activating group) is 1. The van der Waals surface area contributed by atoms with Crippen LogP contribution in [0.5, 0.6) is 0 Å². The Morgan fingerprint density at radius 1 is 1.29 bits per heavy atom. The first-order chi connectivity index (χ1) is 9.97. The van der Waals surface area contributed by atoms with Crippen LogP contribution in [0.3, 0.4) is 0 Å². The molecule has 3 rings (SSSR count). The topological polar surface area (TPSA) is 45.4 Å². The van der Waals surface area contributed by atoms with Gasteiger partial charge in [-0.05, 0) is 51.8 Å². The van der Waals surface area contributed by atoms with E-state index in [-0.39, 0.29) is 0 Å². The molecule has 114 valence electrons. The molecule has 3 heterocycles. The maximum atomic E-state index is 5.97. The summed E-state index contributed by atoms with van der Waals surface area (Å²) in [6, 6.07) is 3.41. The molecule has 2 saturated heterocycles. The summed E-state index contributed by atoms with van der Waals surface area (Å²) in [6.07, 6.45) is 3.81. The fourth-order valence-corrected chi connectivity index (χ4v) is 4.10. The van der Waals surface area contributed by atoms with Gasteiger partial charge < -0.3 is 10.6 Å². The number of aryl methyl sites for hydroxylation is 2. The number of hydrogen-bond acceptors (Lipinski definition) is 4. The van der Waals surface area contributed by atoms with Crippen molar-refractivity contribution < 1.29 is 0 Å². The van der Waals surface area contributed by atoms with Crippen molar-refractivity contribution in [2.75, 3.05) is 25.0 Å². The molecule has 0 spiro atoms. The molecule has 0 amide bonds. The standard InChI is InChI=1S/C16H24N4S/c1-10-8-11(2)18-16(14(10)15(17)21)20-7-6-12-4-5-13(9-20)19(12)3/h8,12-13H,4-7,9H2,1-3H3,(H2,17,21). The van der Waals surface area contributed by atoms with E-state index in [1.165, 1.54) is 19.3 Å². The predicted octanol–water partition coefficient (Wildman–Crippen LogP) is 2.01. The van der Waals surface area contributed by atoms with E-state index in [1.54, 1.807) is 0 Å². The molecule has 1 aromatic heterocycles. The minimum Gasteiger partial charge on any atom is -0.389 e. The molecule has 2 unspecified atom stereocenters. The van der Waals surface area contributed by atoms with Gasteiger partial charge in [-0.2, -0.15) is 0 Å². The van der Waals surface area contributed by atoms with E-state index in [4.69, 9.17) is 22.9 Å². The summed E-state index contributed by atoms with van der Waals surface area (Å²) < 4.78 is 0. The van der Waals surface area contributed by atoms with E-state index in [0.29, 0.717) is 11.0 Å². The van der Waals surface area contributed by atoms with Crippen molar-refractivity contribution >= 4 is 23.0 Å². The van der Waals surface area contributed by atoms with E-state index in [9.17, 15) is 0 Å². The molecule has 0 radical (unpaired) electrons. The number of anilines is 1. The van der Waals surface area contributed by atoms with Gasteiger partial charge in [0.1, 0.15) is 10.8 Å². The van der Waals surface area contributed by atoms with Gasteiger partial charge in [-0.25, -0.2) is 4.98 Å². The van der Waals surface area contributed by atoms with E-state index in [0.717, 1.165) is 41.8 Å². The van der Waals surface area contributed by atoms with Crippen LogP contribution in [0.4, 0.5) is 5.82 Å². The number of nitrogens with two attached hydrogens (primary N) is 1. The summed E-state index contributed by atoms with van der Waals surface area (Å²) in [4.78, 5) is 10.2. The van der Waals surface area contributed by atoms with Crippen molar-refractivity contribution in [1.82, 2.24) is 9.88 Å². The van der Waals surface area contributed by atoms with E-state index in [2.05, 4.69) is 29.8 Å². The summed E-state index contributed by atoms with van der Waals surface area (Å²) in [6.45, 7) is 6.17. The van der Waals surface area contributed by atoms with Gasteiger partial charge in [0.05, 0.1) is 5.56 Å². The van der Waals surface area contributed by atoms with Crippen LogP contribution in [0.15, 0.2) is 6.07 Å². The Morgan fingerprint density at radius 3 is 2.71 bits per heavy atom. The molecule has 0 saturated carbocycles. The van der Waals surface area contributed by atoms with Crippen molar-refractivity contribution in [2.24, 2.45) is 5.73 Å². The second-order valence-corrected chi connectivity index (χ2v) is 6.87. The monoisotopic (exact) mass is 304 g/mol. The van der Waals surface area contributed by atoms with Crippen LogP contribution in [0.25, 0.3) is 0 Å². The maximum absolute atomic E-state index is 5.97. The normalized spacial score (nSPS) is 26.0. The lowest BCUT2D eigenvalue weighted by atomic mass is 10.1. The Bertz CT molecular complexity index is 572. The zero-order valence-electron chi connectivity index (χ0n) is 13.1. The van der Waals surface area contributed by atoms with Crippen LogP contribution < -0.4 is 10.6 Å². The summed E-state index contributed by atoms with van der Waals surface area (Å²) in [7, 11) is 2.26. The van der Waals surface area contributed by atoms with Gasteiger partial charge >= 0.3 is 0 Å². The molecule has 4 nitrogen and oxygen atoms in total. The fraction of sp³-hybridized carbons (Fsp3) is 0.625. The quantitative estimate of drug-likeness (QED) is 0.847. The molecule has 0 aliphatic carbocycles. The van der Waals surface area contributed by atoms with E-state index >= 15 is 0 Å². The van der Waals surface area contributed by atoms with Crippen molar-refractivity contribution in [2.45, 2.75) is 45.2 Å². The summed E-state index contributed by atoms with van der Waals surface area (Å²) >= 11 is 5.27. The number of aromatic nitrogens is 1. The van der Waals surface area contributed by atoms with Gasteiger partial charge in [-0.3, -0.25) is 4.90 Å². The van der Waals surface area contributed by atoms with Crippen LogP contribution in [0, 0.1) is 13.8 Å². The first kappa shape index (κ1) is 14.7. The highest BCUT2D eigenvalue weighted by atomic mass is 32.1. The molecule has 2 atom stereocenters. The Morgan fingerprint density at radius 2 is 2.00 bits per heavy atom. The number of thiocarbonyl (C=S) groups is 1. The molecule has 21 heavy (non-hydrogen) atoms. The van der Waals surface area contributed by atoms with Crippen LogP contribution in [-0.4, -0.2) is 47.1 Å². The molecule has 2 fully saturated rings. The summed E-state index contributed by atoms with van der Waals surface area (Å²) in [5.74, 6) is 0.987. The minimum absolute atomic E-state index is 0.456. The number of pyridine rings is 1. The van der Waals surface area contributed by atoms with Gasteiger partial charge in [-0.1, -0.05) is 12.2 Å². The lowest BCUT2D eigenvalue weighted by molar-refractivity contribution is 0.254. The van der Waals surface area contributed by atoms with Crippen LogP contribution in [0.2, 0.25) is 0 Å². The number of rotatable bonds is 2. The Labute approximate surface area is 132 Å². The summed E-state index contributed by atoms with van der Waals surface area (Å²) in [5, 5.41) is 0. The third-order valence-electron chi connectivity index (χ3n) is 5.02. The van der Waals surface area contributed by atoms with Crippen LogP contribution in [-0.2, 0) is 0 Å². The number of fused-ring (bicyclic) bond motifs is 2. The van der Waals surface area contributed by atoms with Gasteiger partial charge in [0.25, 0.3) is 0 Å². The average Bonchev–Trinajstić information content (AvgIpc) is 2.61. The molecule has 2 aliphatic heterocycles. The smallest absolute Gasteiger partial charge is 0.139 e. The molecular formula is C16H24N4S. The van der Waals surface area contributed by atoms with Gasteiger partial charge in [-0.15, -0.1) is 0 Å². The molecule has 5 heteroatoms. The van der Waals surface area contributed by atoms with Crippen LogP contribution in [0.1, 0.15) is 36.1 Å². The van der Waals surface area contributed by atoms with Crippen molar-refractivity contribution in [3.8, 4) is 0 Å². The zero-order chi connectivity index (χ0) is 15.1. The Hall–Kier alpha value is -1.20. The molecule has 2 aliphatic rings. The first-order valence-corrected chi connectivity index (χ1v) is 8.13. The fourth-order valence-electron chi connectivity index (χ4n) is 3.85. The molecule has 0 aromatic carbocycles. The minimum atomic E-state index is 0.456.